The summed E-state index contributed by atoms with van der Waals surface area (Å²) in [5, 5.41) is 11.2. The number of nitrogens with zero attached hydrogens (tertiary/aromatic N) is 3. The van der Waals surface area contributed by atoms with Crippen molar-refractivity contribution >= 4 is 35.0 Å². The van der Waals surface area contributed by atoms with E-state index < -0.39 is 5.41 Å². The first kappa shape index (κ1) is 20.1. The molecule has 2 amide bonds. The lowest BCUT2D eigenvalue weighted by molar-refractivity contribution is -0.131. The number of aromatic nitrogens is 2. The Kier molecular flexibility index (Phi) is 4.58. The summed E-state index contributed by atoms with van der Waals surface area (Å²) in [6, 6.07) is 4.54. The number of nitrogens with one attached hydrogen (secondary N) is 2. The average molecular weight is 452 g/mol. The molecule has 2 N–H and O–H groups in total. The number of thioether (sulfide) groups is 1. The van der Waals surface area contributed by atoms with E-state index in [0.29, 0.717) is 5.92 Å². The van der Waals surface area contributed by atoms with E-state index in [2.05, 4.69) is 27.6 Å². The summed E-state index contributed by atoms with van der Waals surface area (Å²) in [7, 11) is 0. The molecule has 1 aromatic carbocycles. The van der Waals surface area contributed by atoms with E-state index in [1.165, 1.54) is 16.8 Å². The third kappa shape index (κ3) is 2.91. The molecule has 4 heterocycles. The van der Waals surface area contributed by atoms with Crippen molar-refractivity contribution in [3.8, 4) is 0 Å². The van der Waals surface area contributed by atoms with Gasteiger partial charge in [0, 0.05) is 41.9 Å². The summed E-state index contributed by atoms with van der Waals surface area (Å²) < 4.78 is 0. The standard InChI is InChI=1S/C24H29N5O2S/c1-24(2)17-11-18-16(15-5-3-4-14-12-25-27-21(14)22(15)26-18)10-19(17)29(23(24)31)13-20(30)28-6-8-32-9-7-28/h10-12,15,22,26H,3-9,13H2,1-2H3,(H,25,27). The number of hydrogen-bond acceptors (Lipinski definition) is 5. The van der Waals surface area contributed by atoms with Crippen LogP contribution in [0.1, 0.15) is 61.0 Å². The molecule has 32 heavy (non-hydrogen) atoms. The molecule has 7 nitrogen and oxygen atoms in total. The number of carbonyl (C=O) groups is 2. The van der Waals surface area contributed by atoms with Gasteiger partial charge in [-0.25, -0.2) is 0 Å². The molecule has 1 aliphatic carbocycles. The maximum absolute atomic E-state index is 13.4. The Morgan fingerprint density at radius 2 is 2.09 bits per heavy atom. The molecule has 3 aliphatic heterocycles. The summed E-state index contributed by atoms with van der Waals surface area (Å²) in [5.41, 5.74) is 6.14. The van der Waals surface area contributed by atoms with Crippen molar-refractivity contribution in [3.05, 3.63) is 40.7 Å². The monoisotopic (exact) mass is 451 g/mol. The predicted molar refractivity (Wildman–Crippen MR) is 126 cm³/mol. The van der Waals surface area contributed by atoms with E-state index >= 15 is 0 Å². The molecule has 4 aliphatic rings. The number of hydrogen-bond donors (Lipinski definition) is 2. The van der Waals surface area contributed by atoms with E-state index in [4.69, 9.17) is 0 Å². The normalized spacial score (nSPS) is 25.5. The minimum absolute atomic E-state index is 0.0178. The third-order valence-corrected chi connectivity index (χ3v) is 8.65. The summed E-state index contributed by atoms with van der Waals surface area (Å²) in [6.45, 7) is 5.62. The van der Waals surface area contributed by atoms with E-state index in [9.17, 15) is 9.59 Å². The van der Waals surface area contributed by atoms with Gasteiger partial charge in [0.25, 0.3) is 0 Å². The highest BCUT2D eigenvalue weighted by Crippen LogP contribution is 2.53. The Labute approximate surface area is 192 Å². The van der Waals surface area contributed by atoms with Crippen LogP contribution in [0, 0.1) is 0 Å². The maximum atomic E-state index is 13.4. The molecule has 0 spiro atoms. The van der Waals surface area contributed by atoms with Crippen LogP contribution in [0.4, 0.5) is 11.4 Å². The van der Waals surface area contributed by atoms with Gasteiger partial charge in [-0.15, -0.1) is 0 Å². The van der Waals surface area contributed by atoms with Gasteiger partial charge in [-0.3, -0.25) is 14.7 Å². The van der Waals surface area contributed by atoms with E-state index in [0.717, 1.165) is 60.8 Å². The molecule has 0 bridgehead atoms. The van der Waals surface area contributed by atoms with Crippen molar-refractivity contribution in [2.75, 3.05) is 41.4 Å². The summed E-state index contributed by atoms with van der Waals surface area (Å²) in [6.07, 6.45) is 5.21. The smallest absolute Gasteiger partial charge is 0.242 e. The van der Waals surface area contributed by atoms with Crippen LogP contribution in [0.5, 0.6) is 0 Å². The van der Waals surface area contributed by atoms with Gasteiger partial charge in [0.1, 0.15) is 6.54 Å². The fraction of sp³-hybridized carbons (Fsp3) is 0.542. The summed E-state index contributed by atoms with van der Waals surface area (Å²) in [5.74, 6) is 2.35. The Bertz CT molecular complexity index is 1100. The van der Waals surface area contributed by atoms with E-state index in [1.807, 2.05) is 36.7 Å². The second kappa shape index (κ2) is 7.27. The number of fused-ring (bicyclic) bond motifs is 6. The Morgan fingerprint density at radius 3 is 2.91 bits per heavy atom. The van der Waals surface area contributed by atoms with Gasteiger partial charge in [-0.2, -0.15) is 16.9 Å². The van der Waals surface area contributed by atoms with Crippen molar-refractivity contribution in [1.82, 2.24) is 15.1 Å². The summed E-state index contributed by atoms with van der Waals surface area (Å²) >= 11 is 1.88. The fourth-order valence-corrected chi connectivity index (χ4v) is 6.78. The number of H-pyrrole nitrogens is 1. The molecular weight excluding hydrogens is 422 g/mol. The largest absolute Gasteiger partial charge is 0.376 e. The number of benzene rings is 1. The molecule has 0 saturated carbocycles. The molecule has 2 atom stereocenters. The number of anilines is 2. The van der Waals surface area contributed by atoms with Crippen molar-refractivity contribution < 1.29 is 9.59 Å². The highest BCUT2D eigenvalue weighted by molar-refractivity contribution is 7.99. The Morgan fingerprint density at radius 1 is 1.28 bits per heavy atom. The van der Waals surface area contributed by atoms with Crippen LogP contribution in [-0.4, -0.2) is 58.1 Å². The van der Waals surface area contributed by atoms with Gasteiger partial charge in [-0.1, -0.05) is 0 Å². The first-order chi connectivity index (χ1) is 15.4. The lowest BCUT2D eigenvalue weighted by atomic mass is 9.84. The molecule has 2 aromatic rings. The van der Waals surface area contributed by atoms with Crippen molar-refractivity contribution in [2.45, 2.75) is 50.5 Å². The second-order valence-electron chi connectivity index (χ2n) is 9.90. The number of aryl methyl sites for hydroxylation is 1. The molecule has 0 radical (unpaired) electrons. The third-order valence-electron chi connectivity index (χ3n) is 7.71. The van der Waals surface area contributed by atoms with Crippen LogP contribution in [0.2, 0.25) is 0 Å². The number of rotatable bonds is 2. The lowest BCUT2D eigenvalue weighted by Crippen LogP contribution is -2.46. The molecule has 1 saturated heterocycles. The second-order valence-corrected chi connectivity index (χ2v) is 11.1. The molecular formula is C24H29N5O2S. The van der Waals surface area contributed by atoms with Gasteiger partial charge in [0.2, 0.25) is 11.8 Å². The van der Waals surface area contributed by atoms with Gasteiger partial charge in [-0.05, 0) is 61.9 Å². The summed E-state index contributed by atoms with van der Waals surface area (Å²) in [4.78, 5) is 30.1. The minimum Gasteiger partial charge on any atom is -0.376 e. The highest BCUT2D eigenvalue weighted by Gasteiger charge is 2.47. The minimum atomic E-state index is -0.645. The van der Waals surface area contributed by atoms with Crippen molar-refractivity contribution in [1.29, 1.82) is 0 Å². The molecule has 6 rings (SSSR count). The van der Waals surface area contributed by atoms with Crippen LogP contribution >= 0.6 is 11.8 Å². The molecule has 1 aromatic heterocycles. The predicted octanol–water partition coefficient (Wildman–Crippen LogP) is 3.20. The zero-order valence-electron chi connectivity index (χ0n) is 18.6. The van der Waals surface area contributed by atoms with Crippen LogP contribution in [0.3, 0.4) is 0 Å². The number of amides is 2. The molecule has 2 unspecified atom stereocenters. The van der Waals surface area contributed by atoms with Crippen molar-refractivity contribution in [3.63, 3.8) is 0 Å². The Balaban J connectivity index is 1.36. The zero-order chi connectivity index (χ0) is 22.0. The van der Waals surface area contributed by atoms with Crippen LogP contribution in [0.25, 0.3) is 0 Å². The molecule has 1 fully saturated rings. The van der Waals surface area contributed by atoms with Gasteiger partial charge in [0.15, 0.2) is 0 Å². The van der Waals surface area contributed by atoms with Gasteiger partial charge < -0.3 is 15.1 Å². The lowest BCUT2D eigenvalue weighted by Gasteiger charge is -2.29. The molecule has 168 valence electrons. The van der Waals surface area contributed by atoms with E-state index in [-0.39, 0.29) is 24.4 Å². The number of aromatic amines is 1. The maximum Gasteiger partial charge on any atom is 0.242 e. The fourth-order valence-electron chi connectivity index (χ4n) is 5.87. The van der Waals surface area contributed by atoms with Crippen LogP contribution < -0.4 is 10.2 Å². The zero-order valence-corrected chi connectivity index (χ0v) is 19.4. The van der Waals surface area contributed by atoms with Gasteiger partial charge >= 0.3 is 0 Å². The van der Waals surface area contributed by atoms with E-state index in [1.54, 1.807) is 4.90 Å². The van der Waals surface area contributed by atoms with Crippen LogP contribution in [-0.2, 0) is 21.4 Å². The Hall–Kier alpha value is -2.48. The number of carbonyl (C=O) groups excluding carboxylic acids is 2. The molecule has 8 heteroatoms. The average Bonchev–Trinajstić information content (AvgIpc) is 3.41. The first-order valence-electron chi connectivity index (χ1n) is 11.6. The van der Waals surface area contributed by atoms with Crippen LogP contribution in [0.15, 0.2) is 18.3 Å². The topological polar surface area (TPSA) is 81.3 Å². The quantitative estimate of drug-likeness (QED) is 0.733. The first-order valence-corrected chi connectivity index (χ1v) is 12.7. The SMILES string of the molecule is CC1(C)C(=O)N(CC(=O)N2CCSCC2)c2cc3c(cc21)NC1c2[nH]ncc2CCCC31. The highest BCUT2D eigenvalue weighted by atomic mass is 32.2. The van der Waals surface area contributed by atoms with Crippen molar-refractivity contribution in [2.24, 2.45) is 0 Å². The van der Waals surface area contributed by atoms with Gasteiger partial charge in [0.05, 0.1) is 23.3 Å².